The van der Waals surface area contributed by atoms with E-state index in [0.29, 0.717) is 17.1 Å². The molecule has 7 heteroatoms. The molecule has 23 heavy (non-hydrogen) atoms. The Bertz CT molecular complexity index is 684. The number of halogens is 1. The van der Waals surface area contributed by atoms with Gasteiger partial charge < -0.3 is 10.0 Å². The lowest BCUT2D eigenvalue weighted by Crippen LogP contribution is -2.34. The molecule has 0 saturated heterocycles. The highest BCUT2D eigenvalue weighted by Gasteiger charge is 2.41. The van der Waals surface area contributed by atoms with Gasteiger partial charge in [-0.05, 0) is 37.4 Å². The predicted octanol–water partition coefficient (Wildman–Crippen LogP) is 2.85. The maximum absolute atomic E-state index is 12.8. The van der Waals surface area contributed by atoms with Gasteiger partial charge in [0.05, 0.1) is 6.42 Å². The number of thioether (sulfide) groups is 1. The molecule has 1 aromatic rings. The van der Waals surface area contributed by atoms with E-state index in [1.165, 1.54) is 16.7 Å². The van der Waals surface area contributed by atoms with E-state index in [2.05, 4.69) is 0 Å². The molecular weight excluding hydrogens is 338 g/mol. The summed E-state index contributed by atoms with van der Waals surface area (Å²) in [5, 5.41) is 9.11. The van der Waals surface area contributed by atoms with Gasteiger partial charge in [-0.3, -0.25) is 14.4 Å². The number of nitrogens with zero attached hydrogens (tertiary/aromatic N) is 1. The number of aliphatic carboxylic acids is 1. The SMILES string of the molecule is CCN1C(=O)C(CC(=O)O)=C(C(=O)c2ccc(Cl)cc2)C1SC. The Morgan fingerprint density at radius 3 is 2.39 bits per heavy atom. The van der Waals surface area contributed by atoms with E-state index >= 15 is 0 Å². The molecule has 0 aromatic heterocycles. The molecule has 5 nitrogen and oxygen atoms in total. The third kappa shape index (κ3) is 3.43. The Labute approximate surface area is 143 Å². The van der Waals surface area contributed by atoms with Gasteiger partial charge in [0.25, 0.3) is 5.91 Å². The summed E-state index contributed by atoms with van der Waals surface area (Å²) in [6.07, 6.45) is 1.33. The van der Waals surface area contributed by atoms with Gasteiger partial charge in [0.15, 0.2) is 5.78 Å². The van der Waals surface area contributed by atoms with Gasteiger partial charge in [0, 0.05) is 28.3 Å². The molecule has 0 fully saturated rings. The molecule has 1 aliphatic heterocycles. The normalized spacial score (nSPS) is 17.8. The summed E-state index contributed by atoms with van der Waals surface area (Å²) in [7, 11) is 0. The third-order valence-corrected chi connectivity index (χ3v) is 4.81. The van der Waals surface area contributed by atoms with Crippen molar-refractivity contribution in [2.75, 3.05) is 12.8 Å². The molecule has 2 rings (SSSR count). The molecule has 1 N–H and O–H groups in total. The largest absolute Gasteiger partial charge is 0.481 e. The summed E-state index contributed by atoms with van der Waals surface area (Å²) < 4.78 is 0. The molecule has 0 saturated carbocycles. The molecule has 1 amide bonds. The summed E-state index contributed by atoms with van der Waals surface area (Å²) in [5.41, 5.74) is 0.713. The zero-order valence-electron chi connectivity index (χ0n) is 12.7. The minimum atomic E-state index is -1.13. The van der Waals surface area contributed by atoms with Gasteiger partial charge >= 0.3 is 5.97 Å². The smallest absolute Gasteiger partial charge is 0.308 e. The van der Waals surface area contributed by atoms with Gasteiger partial charge in [-0.1, -0.05) is 11.6 Å². The molecule has 0 spiro atoms. The first-order chi connectivity index (χ1) is 10.9. The molecule has 1 aliphatic rings. The van der Waals surface area contributed by atoms with Crippen LogP contribution in [-0.2, 0) is 9.59 Å². The van der Waals surface area contributed by atoms with E-state index in [4.69, 9.17) is 16.7 Å². The summed E-state index contributed by atoms with van der Waals surface area (Å²) in [6, 6.07) is 6.34. The van der Waals surface area contributed by atoms with Crippen LogP contribution >= 0.6 is 23.4 Å². The van der Waals surface area contributed by atoms with Crippen LogP contribution in [0, 0.1) is 0 Å². The van der Waals surface area contributed by atoms with E-state index in [1.54, 1.807) is 37.4 Å². The van der Waals surface area contributed by atoms with Crippen molar-refractivity contribution in [3.05, 3.63) is 46.0 Å². The first-order valence-corrected chi connectivity index (χ1v) is 8.66. The number of amides is 1. The van der Waals surface area contributed by atoms with Crippen LogP contribution in [0.4, 0.5) is 0 Å². The topological polar surface area (TPSA) is 74.7 Å². The van der Waals surface area contributed by atoms with Gasteiger partial charge in [0.1, 0.15) is 5.37 Å². The Balaban J connectivity index is 2.52. The number of hydrogen-bond donors (Lipinski definition) is 1. The van der Waals surface area contributed by atoms with Crippen LogP contribution in [0.2, 0.25) is 5.02 Å². The van der Waals surface area contributed by atoms with Crippen molar-refractivity contribution >= 4 is 41.0 Å². The Morgan fingerprint density at radius 1 is 1.30 bits per heavy atom. The van der Waals surface area contributed by atoms with Crippen molar-refractivity contribution in [3.8, 4) is 0 Å². The van der Waals surface area contributed by atoms with E-state index in [9.17, 15) is 14.4 Å². The van der Waals surface area contributed by atoms with Crippen molar-refractivity contribution in [2.24, 2.45) is 0 Å². The van der Waals surface area contributed by atoms with E-state index in [-0.39, 0.29) is 22.8 Å². The Morgan fingerprint density at radius 2 is 1.91 bits per heavy atom. The number of likely N-dealkylation sites (N-methyl/N-ethyl adjacent to an activating group) is 1. The van der Waals surface area contributed by atoms with Gasteiger partial charge in [0.2, 0.25) is 0 Å². The molecule has 1 atom stereocenters. The second-order valence-corrected chi connectivity index (χ2v) is 6.33. The van der Waals surface area contributed by atoms with Gasteiger partial charge in [-0.15, -0.1) is 11.8 Å². The number of hydrogen-bond acceptors (Lipinski definition) is 4. The minimum absolute atomic E-state index is 0.0682. The highest BCUT2D eigenvalue weighted by atomic mass is 35.5. The molecular formula is C16H16ClNO4S. The predicted molar refractivity (Wildman–Crippen MR) is 89.8 cm³/mol. The number of carboxylic acid groups (broad SMARTS) is 1. The van der Waals surface area contributed by atoms with Crippen LogP contribution in [0.5, 0.6) is 0 Å². The number of carboxylic acids is 1. The lowest BCUT2D eigenvalue weighted by molar-refractivity contribution is -0.137. The van der Waals surface area contributed by atoms with Crippen LogP contribution in [0.1, 0.15) is 23.7 Å². The summed E-state index contributed by atoms with van der Waals surface area (Å²) in [4.78, 5) is 37.9. The van der Waals surface area contributed by atoms with Crippen molar-refractivity contribution in [1.82, 2.24) is 4.90 Å². The average molecular weight is 354 g/mol. The number of carbonyl (C=O) groups is 3. The van der Waals surface area contributed by atoms with Crippen molar-refractivity contribution < 1.29 is 19.5 Å². The molecule has 0 bridgehead atoms. The number of Topliss-reactive ketones (excluding diaryl/α,β-unsaturated/α-hetero) is 1. The highest BCUT2D eigenvalue weighted by Crippen LogP contribution is 2.35. The zero-order chi connectivity index (χ0) is 17.1. The lowest BCUT2D eigenvalue weighted by Gasteiger charge is -2.23. The lowest BCUT2D eigenvalue weighted by atomic mass is 9.98. The molecule has 1 unspecified atom stereocenters. The average Bonchev–Trinajstić information content (AvgIpc) is 2.78. The number of ketones is 1. The molecule has 0 aliphatic carbocycles. The Hall–Kier alpha value is -1.79. The quantitative estimate of drug-likeness (QED) is 0.796. The number of rotatable bonds is 6. The summed E-state index contributed by atoms with van der Waals surface area (Å²) in [5.74, 6) is -1.85. The van der Waals surface area contributed by atoms with Crippen molar-refractivity contribution in [1.29, 1.82) is 0 Å². The molecule has 1 heterocycles. The fraction of sp³-hybridized carbons (Fsp3) is 0.312. The van der Waals surface area contributed by atoms with Crippen molar-refractivity contribution in [2.45, 2.75) is 18.7 Å². The van der Waals surface area contributed by atoms with Gasteiger partial charge in [-0.2, -0.15) is 0 Å². The van der Waals surface area contributed by atoms with E-state index in [1.807, 2.05) is 0 Å². The first-order valence-electron chi connectivity index (χ1n) is 6.99. The second-order valence-electron chi connectivity index (χ2n) is 4.98. The molecule has 0 radical (unpaired) electrons. The van der Waals surface area contributed by atoms with Crippen molar-refractivity contribution in [3.63, 3.8) is 0 Å². The second kappa shape index (κ2) is 7.19. The maximum Gasteiger partial charge on any atom is 0.308 e. The number of benzene rings is 1. The maximum atomic E-state index is 12.8. The fourth-order valence-corrected chi connectivity index (χ4v) is 3.69. The molecule has 1 aromatic carbocycles. The van der Waals surface area contributed by atoms with Crippen LogP contribution in [0.25, 0.3) is 0 Å². The fourth-order valence-electron chi connectivity index (χ4n) is 2.58. The van der Waals surface area contributed by atoms with Crippen LogP contribution in [0.15, 0.2) is 35.4 Å². The Kier molecular flexibility index (Phi) is 5.49. The van der Waals surface area contributed by atoms with Gasteiger partial charge in [-0.25, -0.2) is 0 Å². The summed E-state index contributed by atoms with van der Waals surface area (Å²) >= 11 is 7.17. The standard InChI is InChI=1S/C16H16ClNO4S/c1-3-18-15(22)11(8-12(19)20)13(16(18)23-2)14(21)9-4-6-10(17)7-5-9/h4-7,16H,3,8H2,1-2H3,(H,19,20). The number of carbonyl (C=O) groups excluding carboxylic acids is 2. The van der Waals surface area contributed by atoms with E-state index < -0.39 is 17.8 Å². The van der Waals surface area contributed by atoms with Crippen LogP contribution in [0.3, 0.4) is 0 Å². The minimum Gasteiger partial charge on any atom is -0.481 e. The first kappa shape index (κ1) is 17.6. The van der Waals surface area contributed by atoms with E-state index in [0.717, 1.165) is 0 Å². The molecule has 122 valence electrons. The highest BCUT2D eigenvalue weighted by molar-refractivity contribution is 7.99. The monoisotopic (exact) mass is 353 g/mol. The van der Waals surface area contributed by atoms with Crippen LogP contribution in [-0.4, -0.2) is 45.8 Å². The summed E-state index contributed by atoms with van der Waals surface area (Å²) in [6.45, 7) is 2.21. The zero-order valence-corrected chi connectivity index (χ0v) is 14.3. The van der Waals surface area contributed by atoms with Crippen LogP contribution < -0.4 is 0 Å². The third-order valence-electron chi connectivity index (χ3n) is 3.62.